The summed E-state index contributed by atoms with van der Waals surface area (Å²) in [7, 11) is -5.81. The molecule has 19 atom stereocenters. The van der Waals surface area contributed by atoms with Gasteiger partial charge in [0.2, 0.25) is 0 Å². The SMILES string of the molecule is CCCCCC/C=C\CCCCCCCCCC(=O)OCC(COP(=O)(O)OC1C(OC2OC(CO)C(O)C(O)C2O)C(O)C(O)C(OC(=O)CCCCCCCCCCCCCCCCC)C1OC1OC(COC(=O)CCCCCCCCC(C)CCCCCCCC)C(O)C(O)C1O)OC(=O)CCCCCCCCCCCCCCCCC. The van der Waals surface area contributed by atoms with E-state index in [1.54, 1.807) is 0 Å². The van der Waals surface area contributed by atoms with Crippen molar-refractivity contribution in [1.82, 2.24) is 0 Å². The molecule has 0 bridgehead atoms. The quantitative estimate of drug-likeness (QED) is 0.00889. The van der Waals surface area contributed by atoms with Gasteiger partial charge in [0.25, 0.3) is 0 Å². The molecule has 120 heavy (non-hydrogen) atoms. The molecule has 1 aliphatic carbocycles. The summed E-state index contributed by atoms with van der Waals surface area (Å²) in [6, 6.07) is 0. The van der Waals surface area contributed by atoms with Crippen molar-refractivity contribution in [2.75, 3.05) is 26.4 Å². The van der Waals surface area contributed by atoms with Crippen LogP contribution in [0.1, 0.15) is 426 Å². The molecule has 0 aromatic heterocycles. The first-order valence-electron chi connectivity index (χ1n) is 48.8. The molecule has 0 spiro atoms. The molecule has 0 amide bonds. The first-order chi connectivity index (χ1) is 58.1. The van der Waals surface area contributed by atoms with Crippen LogP contribution >= 0.6 is 7.82 Å². The van der Waals surface area contributed by atoms with Crippen molar-refractivity contribution in [3.05, 3.63) is 12.2 Å². The molecular weight excluding hydrogens is 1560 g/mol. The number of hydrogen-bond donors (Lipinski definition) is 10. The van der Waals surface area contributed by atoms with Gasteiger partial charge in [-0.3, -0.25) is 28.2 Å². The molecule has 26 heteroatoms. The van der Waals surface area contributed by atoms with Crippen molar-refractivity contribution >= 4 is 31.7 Å². The zero-order chi connectivity index (χ0) is 87.6. The summed E-state index contributed by atoms with van der Waals surface area (Å²) in [6.45, 7) is 7.95. The standard InChI is InChI=1S/C94H175O25P/c1-6-10-14-18-22-25-28-31-34-37-40-43-46-53-59-65-77(96)110-70-74(113-79(98)67-61-55-47-44-41-38-35-32-29-26-23-19-15-11-7-2)71-112-120(108,109)119-92-90(117-93-87(106)83(102)81(100)75(69-95)114-93)86(105)85(104)89(116-80(99)68-62-56-48-45-42-39-36-33-30-27-24-20-16-12-8-3)91(92)118-94-88(107)84(103)82(101)76(115-94)72-111-78(97)66-60-54-50-49-52-58-64-73(5)63-57-51-21-17-13-9-4/h25,28,73-76,81-95,100-107H,6-24,26-27,29-72H2,1-5H3,(H,108,109)/b28-25-. The Kier molecular flexibility index (Phi) is 67.0. The molecule has 25 nitrogen and oxygen atoms in total. The van der Waals surface area contributed by atoms with Crippen LogP contribution in [0.2, 0.25) is 0 Å². The average Bonchev–Trinajstić information content (AvgIpc) is 0.753. The number of unbranched alkanes of at least 4 members (excludes halogenated alkanes) is 49. The molecule has 0 aromatic carbocycles. The number of hydrogen-bond acceptors (Lipinski definition) is 24. The largest absolute Gasteiger partial charge is 0.472 e. The first kappa shape index (κ1) is 111. The Hall–Kier alpha value is -2.79. The van der Waals surface area contributed by atoms with E-state index >= 15 is 0 Å². The number of esters is 4. The number of rotatable bonds is 79. The number of carbonyl (C=O) groups excluding carboxylic acids is 4. The monoisotopic (exact) mass is 1740 g/mol. The van der Waals surface area contributed by atoms with Crippen molar-refractivity contribution < 1.29 is 122 Å². The lowest BCUT2D eigenvalue weighted by Crippen LogP contribution is -2.70. The third-order valence-electron chi connectivity index (χ3n) is 24.2. The fraction of sp³-hybridized carbons (Fsp3) is 0.936. The summed E-state index contributed by atoms with van der Waals surface area (Å²) in [5.74, 6) is -2.27. The minimum atomic E-state index is -5.81. The predicted molar refractivity (Wildman–Crippen MR) is 467 cm³/mol. The highest BCUT2D eigenvalue weighted by Crippen LogP contribution is 2.49. The Morgan fingerprint density at radius 2 is 0.675 bits per heavy atom. The molecule has 2 saturated heterocycles. The summed E-state index contributed by atoms with van der Waals surface area (Å²) in [5.41, 5.74) is 0. The number of phosphoric acid groups is 1. The van der Waals surface area contributed by atoms with Crippen LogP contribution in [0.25, 0.3) is 0 Å². The van der Waals surface area contributed by atoms with Crippen LogP contribution in [0.15, 0.2) is 12.2 Å². The highest BCUT2D eigenvalue weighted by molar-refractivity contribution is 7.47. The van der Waals surface area contributed by atoms with E-state index < -0.39 is 162 Å². The fourth-order valence-electron chi connectivity index (χ4n) is 16.3. The summed E-state index contributed by atoms with van der Waals surface area (Å²) in [5, 5.41) is 102. The molecule has 19 unspecified atom stereocenters. The maximum Gasteiger partial charge on any atom is 0.472 e. The zero-order valence-corrected chi connectivity index (χ0v) is 76.4. The Bertz CT molecular complexity index is 2550. The molecule has 1 saturated carbocycles. The molecule has 10 N–H and O–H groups in total. The number of allylic oxidation sites excluding steroid dienone is 2. The lowest BCUT2D eigenvalue weighted by Gasteiger charge is -2.50. The van der Waals surface area contributed by atoms with E-state index in [2.05, 4.69) is 46.8 Å². The number of phosphoric ester groups is 1. The maximum atomic E-state index is 14.9. The van der Waals surface area contributed by atoms with Gasteiger partial charge in [0.15, 0.2) is 24.8 Å². The maximum absolute atomic E-state index is 14.9. The Balaban J connectivity index is 1.91. The van der Waals surface area contributed by atoms with Crippen LogP contribution in [-0.2, 0) is 70.7 Å². The van der Waals surface area contributed by atoms with Gasteiger partial charge in [-0.25, -0.2) is 4.57 Å². The van der Waals surface area contributed by atoms with Gasteiger partial charge < -0.3 is 88.7 Å². The minimum absolute atomic E-state index is 0.0162. The average molecular weight is 1740 g/mol. The van der Waals surface area contributed by atoms with Crippen molar-refractivity contribution in [3.8, 4) is 0 Å². The number of aliphatic hydroxyl groups is 9. The van der Waals surface area contributed by atoms with E-state index in [4.69, 9.17) is 46.9 Å². The topological polar surface area (TPSA) is 380 Å². The molecule has 3 fully saturated rings. The summed E-state index contributed by atoms with van der Waals surface area (Å²) < 4.78 is 73.6. The van der Waals surface area contributed by atoms with Gasteiger partial charge in [0, 0.05) is 25.7 Å². The molecule has 0 radical (unpaired) electrons. The van der Waals surface area contributed by atoms with Crippen molar-refractivity contribution in [3.63, 3.8) is 0 Å². The number of aliphatic hydroxyl groups excluding tert-OH is 9. The van der Waals surface area contributed by atoms with Gasteiger partial charge in [-0.15, -0.1) is 0 Å². The van der Waals surface area contributed by atoms with Gasteiger partial charge in [0.05, 0.1) is 13.2 Å². The molecule has 3 rings (SSSR count). The minimum Gasteiger partial charge on any atom is -0.463 e. The first-order valence-corrected chi connectivity index (χ1v) is 50.3. The van der Waals surface area contributed by atoms with Gasteiger partial charge in [-0.2, -0.15) is 0 Å². The summed E-state index contributed by atoms with van der Waals surface area (Å²) >= 11 is 0. The van der Waals surface area contributed by atoms with Crippen LogP contribution in [0, 0.1) is 5.92 Å². The molecule has 2 heterocycles. The lowest BCUT2D eigenvalue weighted by molar-refractivity contribution is -0.360. The van der Waals surface area contributed by atoms with Crippen molar-refractivity contribution in [2.45, 2.75) is 530 Å². The summed E-state index contributed by atoms with van der Waals surface area (Å²) in [6.07, 6.45) is 30.4. The second-order valence-corrected chi connectivity index (χ2v) is 36.6. The van der Waals surface area contributed by atoms with Crippen LogP contribution in [0.4, 0.5) is 0 Å². The number of carbonyl (C=O) groups is 4. The van der Waals surface area contributed by atoms with Crippen LogP contribution in [0.5, 0.6) is 0 Å². The third kappa shape index (κ3) is 51.9. The Labute approximate surface area is 724 Å². The molecule has 0 aromatic rings. The van der Waals surface area contributed by atoms with Crippen LogP contribution in [0.3, 0.4) is 0 Å². The highest BCUT2D eigenvalue weighted by atomic mass is 31.2. The molecule has 3 aliphatic rings. The van der Waals surface area contributed by atoms with Gasteiger partial charge in [0.1, 0.15) is 92.6 Å². The molecule has 2 aliphatic heterocycles. The zero-order valence-electron chi connectivity index (χ0n) is 75.6. The molecular formula is C94H175O25P. The van der Waals surface area contributed by atoms with E-state index in [1.807, 2.05) is 0 Å². The van der Waals surface area contributed by atoms with Gasteiger partial charge >= 0.3 is 31.7 Å². The van der Waals surface area contributed by atoms with Crippen LogP contribution < -0.4 is 0 Å². The molecule has 706 valence electrons. The van der Waals surface area contributed by atoms with Crippen molar-refractivity contribution in [1.29, 1.82) is 0 Å². The van der Waals surface area contributed by atoms with E-state index in [0.29, 0.717) is 38.0 Å². The second kappa shape index (κ2) is 72.2. The number of ether oxygens (including phenoxy) is 8. The van der Waals surface area contributed by atoms with E-state index in [1.165, 1.54) is 186 Å². The van der Waals surface area contributed by atoms with Gasteiger partial charge in [-0.05, 0) is 57.3 Å². The predicted octanol–water partition coefficient (Wildman–Crippen LogP) is 18.6. The Morgan fingerprint density at radius 1 is 0.350 bits per heavy atom. The summed E-state index contributed by atoms with van der Waals surface area (Å²) in [4.78, 5) is 66.6. The van der Waals surface area contributed by atoms with E-state index in [-0.39, 0.29) is 25.7 Å². The third-order valence-corrected chi connectivity index (χ3v) is 25.2. The lowest BCUT2D eigenvalue weighted by atomic mass is 9.84. The fourth-order valence-corrected chi connectivity index (χ4v) is 17.3. The van der Waals surface area contributed by atoms with Crippen molar-refractivity contribution in [2.24, 2.45) is 5.92 Å². The Morgan fingerprint density at radius 3 is 1.08 bits per heavy atom. The van der Waals surface area contributed by atoms with Crippen LogP contribution in [-0.4, -0.2) is 205 Å². The second-order valence-electron chi connectivity index (χ2n) is 35.2. The highest BCUT2D eigenvalue weighted by Gasteiger charge is 2.60. The van der Waals surface area contributed by atoms with E-state index in [9.17, 15) is 74.6 Å². The smallest absolute Gasteiger partial charge is 0.463 e. The van der Waals surface area contributed by atoms with Gasteiger partial charge in [-0.1, -0.05) is 361 Å². The van der Waals surface area contributed by atoms with E-state index in [0.717, 1.165) is 148 Å². The normalized spacial score (nSPS) is 25.0.